The minimum Gasteiger partial charge on any atom is -0.339 e. The number of halogens is 1. The molecule has 0 aliphatic carbocycles. The molecule has 0 spiro atoms. The fraction of sp³-hybridized carbons (Fsp3) is 0.300. The van der Waals surface area contributed by atoms with Gasteiger partial charge in [0, 0.05) is 5.56 Å². The number of carbonyl (C=O) groups excluding carboxylic acids is 1. The van der Waals surface area contributed by atoms with Gasteiger partial charge in [0.25, 0.3) is 5.91 Å². The van der Waals surface area contributed by atoms with Gasteiger partial charge in [0.15, 0.2) is 0 Å². The molecule has 0 saturated carbocycles. The number of hydrogen-bond donors (Lipinski definition) is 1. The molecule has 2 nitrogen and oxygen atoms in total. The van der Waals surface area contributed by atoms with Crippen molar-refractivity contribution in [3.05, 3.63) is 35.4 Å². The van der Waals surface area contributed by atoms with Crippen molar-refractivity contribution >= 4 is 17.5 Å². The molecule has 0 aliphatic heterocycles. The van der Waals surface area contributed by atoms with Crippen LogP contribution in [0, 0.1) is 0 Å². The van der Waals surface area contributed by atoms with Crippen LogP contribution in [0.5, 0.6) is 0 Å². The summed E-state index contributed by atoms with van der Waals surface area (Å²) in [7, 11) is 0. The quantitative estimate of drug-likeness (QED) is 0.584. The maximum absolute atomic E-state index is 11.4. The predicted molar refractivity (Wildman–Crippen MR) is 54.0 cm³/mol. The summed E-state index contributed by atoms with van der Waals surface area (Å²) in [6.07, 6.45) is 0.853. The fourth-order valence-electron chi connectivity index (χ4n) is 1.21. The molecular formula is C10H12ClNO. The standard InChI is InChI=1S/C10H12ClNO/c1-2-8-5-3-4-6-9(8)10(13)12-7-11/h3-6H,2,7H2,1H3,(H,12,13). The van der Waals surface area contributed by atoms with Gasteiger partial charge >= 0.3 is 0 Å². The average Bonchev–Trinajstić information content (AvgIpc) is 2.18. The summed E-state index contributed by atoms with van der Waals surface area (Å²) in [5.74, 6) is -0.104. The van der Waals surface area contributed by atoms with Gasteiger partial charge in [0.2, 0.25) is 0 Å². The van der Waals surface area contributed by atoms with E-state index in [0.717, 1.165) is 12.0 Å². The number of rotatable bonds is 3. The Morgan fingerprint density at radius 1 is 1.46 bits per heavy atom. The van der Waals surface area contributed by atoms with Crippen molar-refractivity contribution in [3.63, 3.8) is 0 Å². The van der Waals surface area contributed by atoms with Gasteiger partial charge < -0.3 is 5.32 Å². The summed E-state index contributed by atoms with van der Waals surface area (Å²) in [6, 6.07) is 7.68. The van der Waals surface area contributed by atoms with Crippen molar-refractivity contribution in [1.29, 1.82) is 0 Å². The summed E-state index contributed by atoms with van der Waals surface area (Å²) >= 11 is 5.41. The van der Waals surface area contributed by atoms with Crippen molar-refractivity contribution in [2.45, 2.75) is 13.3 Å². The van der Waals surface area contributed by atoms with Crippen molar-refractivity contribution in [2.24, 2.45) is 0 Å². The topological polar surface area (TPSA) is 29.1 Å². The maximum atomic E-state index is 11.4. The Balaban J connectivity index is 2.92. The minimum atomic E-state index is -0.104. The first-order valence-electron chi connectivity index (χ1n) is 4.21. The second-order valence-corrected chi connectivity index (χ2v) is 2.92. The maximum Gasteiger partial charge on any atom is 0.252 e. The third-order valence-electron chi connectivity index (χ3n) is 1.87. The zero-order valence-electron chi connectivity index (χ0n) is 7.51. The Bertz CT molecular complexity index is 299. The average molecular weight is 198 g/mol. The molecule has 1 aromatic carbocycles. The molecule has 0 saturated heterocycles. The van der Waals surface area contributed by atoms with E-state index in [1.54, 1.807) is 6.07 Å². The number of carbonyl (C=O) groups is 1. The number of nitrogens with one attached hydrogen (secondary N) is 1. The summed E-state index contributed by atoms with van der Waals surface area (Å²) in [5.41, 5.74) is 1.76. The molecule has 0 fully saturated rings. The van der Waals surface area contributed by atoms with Crippen LogP contribution in [0.2, 0.25) is 0 Å². The van der Waals surface area contributed by atoms with E-state index in [1.807, 2.05) is 25.1 Å². The van der Waals surface area contributed by atoms with Crippen molar-refractivity contribution in [2.75, 3.05) is 6.00 Å². The number of alkyl halides is 1. The molecule has 1 rings (SSSR count). The van der Waals surface area contributed by atoms with E-state index < -0.39 is 0 Å². The lowest BCUT2D eigenvalue weighted by atomic mass is 10.1. The van der Waals surface area contributed by atoms with Gasteiger partial charge in [0.1, 0.15) is 0 Å². The molecule has 0 unspecified atom stereocenters. The molecule has 1 N–H and O–H groups in total. The molecule has 3 heteroatoms. The minimum absolute atomic E-state index is 0.104. The van der Waals surface area contributed by atoms with Crippen LogP contribution < -0.4 is 5.32 Å². The zero-order valence-corrected chi connectivity index (χ0v) is 8.27. The monoisotopic (exact) mass is 197 g/mol. The van der Waals surface area contributed by atoms with Crippen LogP contribution in [0.15, 0.2) is 24.3 Å². The van der Waals surface area contributed by atoms with Gasteiger partial charge in [0.05, 0.1) is 6.00 Å². The first-order chi connectivity index (χ1) is 6.29. The molecule has 0 radical (unpaired) electrons. The summed E-state index contributed by atoms with van der Waals surface area (Å²) in [4.78, 5) is 11.4. The molecule has 1 aromatic rings. The van der Waals surface area contributed by atoms with Crippen LogP contribution in [0.1, 0.15) is 22.8 Å². The van der Waals surface area contributed by atoms with E-state index in [0.29, 0.717) is 5.56 Å². The third-order valence-corrected chi connectivity index (χ3v) is 2.00. The normalized spacial score (nSPS) is 9.69. The fourth-order valence-corrected chi connectivity index (χ4v) is 1.33. The Hall–Kier alpha value is -1.02. The molecule has 0 aromatic heterocycles. The van der Waals surface area contributed by atoms with E-state index in [1.165, 1.54) is 0 Å². The molecule has 70 valence electrons. The Labute approximate surface area is 82.9 Å². The van der Waals surface area contributed by atoms with Crippen LogP contribution in [0.25, 0.3) is 0 Å². The number of aryl methyl sites for hydroxylation is 1. The van der Waals surface area contributed by atoms with Crippen LogP contribution in [0.4, 0.5) is 0 Å². The van der Waals surface area contributed by atoms with Gasteiger partial charge in [-0.1, -0.05) is 25.1 Å². The SMILES string of the molecule is CCc1ccccc1C(=O)NCCl. The van der Waals surface area contributed by atoms with Crippen molar-refractivity contribution in [3.8, 4) is 0 Å². The van der Waals surface area contributed by atoms with Gasteiger partial charge in [-0.2, -0.15) is 0 Å². The lowest BCUT2D eigenvalue weighted by molar-refractivity contribution is 0.0959. The van der Waals surface area contributed by atoms with Gasteiger partial charge in [-0.25, -0.2) is 0 Å². The molecule has 0 aliphatic rings. The number of hydrogen-bond acceptors (Lipinski definition) is 1. The second kappa shape index (κ2) is 4.87. The van der Waals surface area contributed by atoms with E-state index in [9.17, 15) is 4.79 Å². The summed E-state index contributed by atoms with van der Waals surface area (Å²) in [5, 5.41) is 2.56. The highest BCUT2D eigenvalue weighted by Gasteiger charge is 2.07. The van der Waals surface area contributed by atoms with Gasteiger partial charge in [-0.3, -0.25) is 4.79 Å². The van der Waals surface area contributed by atoms with Crippen LogP contribution >= 0.6 is 11.6 Å². The van der Waals surface area contributed by atoms with Gasteiger partial charge in [-0.15, -0.1) is 11.6 Å². The van der Waals surface area contributed by atoms with Crippen molar-refractivity contribution < 1.29 is 4.79 Å². The molecule has 0 bridgehead atoms. The van der Waals surface area contributed by atoms with E-state index in [2.05, 4.69) is 5.32 Å². The largest absolute Gasteiger partial charge is 0.339 e. The lowest BCUT2D eigenvalue weighted by Gasteiger charge is -2.05. The summed E-state index contributed by atoms with van der Waals surface area (Å²) < 4.78 is 0. The smallest absolute Gasteiger partial charge is 0.252 e. The highest BCUT2D eigenvalue weighted by molar-refractivity contribution is 6.19. The summed E-state index contributed by atoms with van der Waals surface area (Å²) in [6.45, 7) is 2.02. The van der Waals surface area contributed by atoms with Crippen LogP contribution in [-0.4, -0.2) is 11.9 Å². The molecule has 1 amide bonds. The third kappa shape index (κ3) is 2.46. The second-order valence-electron chi connectivity index (χ2n) is 2.65. The Morgan fingerprint density at radius 3 is 2.77 bits per heavy atom. The number of benzene rings is 1. The lowest BCUT2D eigenvalue weighted by Crippen LogP contribution is -2.22. The first-order valence-corrected chi connectivity index (χ1v) is 4.75. The molecular weight excluding hydrogens is 186 g/mol. The zero-order chi connectivity index (χ0) is 9.68. The Morgan fingerprint density at radius 2 is 2.15 bits per heavy atom. The van der Waals surface area contributed by atoms with E-state index in [4.69, 9.17) is 11.6 Å². The first kappa shape index (κ1) is 10.1. The molecule has 13 heavy (non-hydrogen) atoms. The van der Waals surface area contributed by atoms with Crippen LogP contribution in [0.3, 0.4) is 0 Å². The van der Waals surface area contributed by atoms with Crippen LogP contribution in [-0.2, 0) is 6.42 Å². The van der Waals surface area contributed by atoms with E-state index in [-0.39, 0.29) is 11.9 Å². The Kier molecular flexibility index (Phi) is 3.77. The highest BCUT2D eigenvalue weighted by Crippen LogP contribution is 2.08. The molecule has 0 heterocycles. The van der Waals surface area contributed by atoms with E-state index >= 15 is 0 Å². The highest BCUT2D eigenvalue weighted by atomic mass is 35.5. The van der Waals surface area contributed by atoms with Crippen molar-refractivity contribution in [1.82, 2.24) is 5.32 Å². The number of amides is 1. The predicted octanol–water partition coefficient (Wildman–Crippen LogP) is 2.18. The molecule has 0 atom stereocenters. The van der Waals surface area contributed by atoms with Gasteiger partial charge in [-0.05, 0) is 18.1 Å².